The Labute approximate surface area is 577 Å². The van der Waals surface area contributed by atoms with Crippen LogP contribution in [0.1, 0.15) is 0 Å². The van der Waals surface area contributed by atoms with E-state index in [2.05, 4.69) is 191 Å². The monoisotopic (exact) mass is 1500 g/mol. The van der Waals surface area contributed by atoms with Gasteiger partial charge in [0.2, 0.25) is 5.88 Å². The van der Waals surface area contributed by atoms with Crippen LogP contribution >= 0.6 is 66.1 Å². The first-order chi connectivity index (χ1) is 46.7. The molecule has 0 spiro atoms. The van der Waals surface area contributed by atoms with Crippen LogP contribution in [0, 0.1) is 3.57 Å². The van der Waals surface area contributed by atoms with Crippen molar-refractivity contribution in [3.05, 3.63) is 304 Å². The molecular formula is C76H49Br2ClIN13O2. The molecule has 0 saturated heterocycles. The van der Waals surface area contributed by atoms with Gasteiger partial charge in [0, 0.05) is 100 Å². The first kappa shape index (κ1) is 60.3. The van der Waals surface area contributed by atoms with E-state index in [0.717, 1.165) is 129 Å². The summed E-state index contributed by atoms with van der Waals surface area (Å²) in [5.41, 5.74) is 14.2. The van der Waals surface area contributed by atoms with Crippen LogP contribution in [-0.4, -0.2) is 67.9 Å². The van der Waals surface area contributed by atoms with E-state index in [4.69, 9.17) is 21.3 Å². The molecule has 15 aromatic heterocycles. The number of para-hydroxylation sites is 2. The highest BCUT2D eigenvalue weighted by Crippen LogP contribution is 2.38. The summed E-state index contributed by atoms with van der Waals surface area (Å²) in [5, 5.41) is 17.0. The van der Waals surface area contributed by atoms with Crippen LogP contribution in [0.4, 0.5) is 0 Å². The first-order valence-corrected chi connectivity index (χ1v) is 33.0. The Balaban J connectivity index is 0.000000108. The fourth-order valence-corrected chi connectivity index (χ4v) is 13.0. The van der Waals surface area contributed by atoms with E-state index in [0.29, 0.717) is 16.8 Å². The highest BCUT2D eigenvalue weighted by molar-refractivity contribution is 14.1. The largest absolute Gasteiger partial charge is 0.508 e. The normalized spacial score (nSPS) is 11.2. The zero-order valence-electron chi connectivity index (χ0n) is 49.9. The number of nitrogens with one attached hydrogen (secondary N) is 1. The predicted octanol–water partition coefficient (Wildman–Crippen LogP) is 20.2. The molecule has 2 N–H and O–H groups in total. The third-order valence-electron chi connectivity index (χ3n) is 15.9. The number of aromatic amines is 1. The van der Waals surface area contributed by atoms with Gasteiger partial charge in [-0.05, 0) is 218 Å². The second kappa shape index (κ2) is 26.6. The minimum atomic E-state index is 0.262. The molecule has 95 heavy (non-hydrogen) atoms. The van der Waals surface area contributed by atoms with E-state index in [1.807, 2.05) is 183 Å². The summed E-state index contributed by atoms with van der Waals surface area (Å²) in [6.45, 7) is 0. The molecule has 0 aliphatic carbocycles. The third kappa shape index (κ3) is 12.0. The molecule has 15 nitrogen and oxygen atoms in total. The lowest BCUT2D eigenvalue weighted by atomic mass is 10.1. The number of benzene rings is 4. The SMILES string of the molecule is Brc1ccc2c3ncccc3n3cccc3c2n1.Brc1cccc(-c2ccc[nH]2)n1.Clc1ncccc1I.Oc1ccc2c3ccccc3n(-c3ccccn3)c2c1.c1ccc(-n2c3ccccc3c3ccc(Oc4ccc5c6ncccc6n6cccc6c5n4)cc32)nc1. The lowest BCUT2D eigenvalue weighted by Crippen LogP contribution is -1.97. The maximum Gasteiger partial charge on any atom is 0.219 e. The van der Waals surface area contributed by atoms with Crippen LogP contribution < -0.4 is 4.74 Å². The zero-order valence-corrected chi connectivity index (χ0v) is 56.0. The van der Waals surface area contributed by atoms with Crippen LogP contribution in [0.2, 0.25) is 5.15 Å². The Hall–Kier alpha value is -10.9. The maximum absolute atomic E-state index is 9.79. The first-order valence-electron chi connectivity index (χ1n) is 29.9. The van der Waals surface area contributed by atoms with Crippen molar-refractivity contribution in [3.8, 4) is 40.4 Å². The topological polar surface area (TPSA) is 167 Å². The number of phenolic OH excluding ortho intramolecular Hbond substituents is 1. The molecule has 0 aliphatic rings. The van der Waals surface area contributed by atoms with Crippen LogP contribution in [0.25, 0.3) is 122 Å². The molecule has 15 heterocycles. The number of aromatic nitrogens is 13. The molecule has 0 atom stereocenters. The van der Waals surface area contributed by atoms with Crippen molar-refractivity contribution in [1.29, 1.82) is 0 Å². The van der Waals surface area contributed by atoms with Gasteiger partial charge in [-0.15, -0.1) is 0 Å². The molecule has 19 rings (SSSR count). The van der Waals surface area contributed by atoms with E-state index < -0.39 is 0 Å². The second-order valence-corrected chi connectivity index (χ2v) is 24.8. The molecule has 0 unspecified atom stereocenters. The summed E-state index contributed by atoms with van der Waals surface area (Å²) >= 11 is 14.5. The summed E-state index contributed by atoms with van der Waals surface area (Å²) < 4.78 is 17.5. The van der Waals surface area contributed by atoms with Crippen molar-refractivity contribution < 1.29 is 9.84 Å². The second-order valence-electron chi connectivity index (χ2n) is 21.6. The Morgan fingerprint density at radius 3 is 1.51 bits per heavy atom. The molecule has 0 amide bonds. The number of pyridine rings is 10. The van der Waals surface area contributed by atoms with Crippen molar-refractivity contribution in [3.63, 3.8) is 0 Å². The van der Waals surface area contributed by atoms with Gasteiger partial charge in [0.1, 0.15) is 43.0 Å². The minimum Gasteiger partial charge on any atom is -0.508 e. The highest BCUT2D eigenvalue weighted by Gasteiger charge is 2.18. The number of fused-ring (bicyclic) bond motifs is 18. The maximum atomic E-state index is 9.79. The molecule has 19 heteroatoms. The van der Waals surface area contributed by atoms with E-state index >= 15 is 0 Å². The standard InChI is InChI=1S/C31H19N5O.C17H12N2O.C14H8BrN3.C9H7BrN2.C5H3ClIN/c1-2-8-24-21(7-1)22-13-12-20(19-27(22)36(24)28-11-3-4-16-32-28)37-29-15-14-23-30-25(9-5-17-33-30)35-18-6-10-26(35)31(23)34-29;20-12-8-9-14-13-5-1-2-6-15(13)19(16(14)11-12)17-7-3-4-10-18-17;15-12-6-5-9-13-10(3-1-7-16-13)18-8-2-4-11(18)14(9)17-12;10-9-5-1-3-8(12-9)7-4-2-6-11-7;6-5-4(7)2-1-3-8-5/h1-19H;1-11,20H;1-8H;1-6,11H;1-3H. The summed E-state index contributed by atoms with van der Waals surface area (Å²) in [5.74, 6) is 3.22. The molecule has 19 aromatic rings. The fourth-order valence-electron chi connectivity index (χ4n) is 11.8. The van der Waals surface area contributed by atoms with Crippen molar-refractivity contribution >= 4 is 165 Å². The average Bonchev–Trinajstić information content (AvgIpc) is 1.75. The number of H-pyrrole nitrogens is 1. The number of nitrogens with zero attached hydrogens (tertiary/aromatic N) is 12. The van der Waals surface area contributed by atoms with Gasteiger partial charge < -0.3 is 23.6 Å². The fraction of sp³-hybridized carbons (Fsp3) is 0. The molecule has 0 aliphatic heterocycles. The van der Waals surface area contributed by atoms with Crippen LogP contribution in [0.5, 0.6) is 17.4 Å². The highest BCUT2D eigenvalue weighted by atomic mass is 127. The van der Waals surface area contributed by atoms with Gasteiger partial charge in [-0.3, -0.25) is 19.1 Å². The number of ether oxygens (including phenoxy) is 1. The van der Waals surface area contributed by atoms with E-state index in [9.17, 15) is 5.11 Å². The summed E-state index contributed by atoms with van der Waals surface area (Å²) in [7, 11) is 0. The lowest BCUT2D eigenvalue weighted by molar-refractivity contribution is 0.466. The number of phenols is 1. The van der Waals surface area contributed by atoms with Gasteiger partial charge in [-0.25, -0.2) is 29.9 Å². The van der Waals surface area contributed by atoms with Gasteiger partial charge in [0.05, 0.1) is 75.6 Å². The van der Waals surface area contributed by atoms with E-state index in [1.54, 1.807) is 24.5 Å². The molecule has 4 aromatic carbocycles. The Bertz CT molecular complexity index is 5990. The molecular weight excluding hydrogens is 1450 g/mol. The molecule has 0 saturated carbocycles. The van der Waals surface area contributed by atoms with Crippen molar-refractivity contribution in [2.75, 3.05) is 0 Å². The number of rotatable bonds is 5. The average molecular weight is 1500 g/mol. The van der Waals surface area contributed by atoms with Gasteiger partial charge in [-0.2, -0.15) is 0 Å². The van der Waals surface area contributed by atoms with Gasteiger partial charge >= 0.3 is 0 Å². The Morgan fingerprint density at radius 2 is 0.916 bits per heavy atom. The Kier molecular flexibility index (Phi) is 16.9. The van der Waals surface area contributed by atoms with Crippen LogP contribution in [0.3, 0.4) is 0 Å². The molecule has 458 valence electrons. The lowest BCUT2D eigenvalue weighted by Gasteiger charge is -2.11. The third-order valence-corrected chi connectivity index (χ3v) is 18.3. The van der Waals surface area contributed by atoms with Gasteiger partial charge in [-0.1, -0.05) is 66.2 Å². The smallest absolute Gasteiger partial charge is 0.219 e. The Morgan fingerprint density at radius 1 is 0.400 bits per heavy atom. The van der Waals surface area contributed by atoms with Crippen molar-refractivity contribution in [2.24, 2.45) is 0 Å². The van der Waals surface area contributed by atoms with E-state index in [-0.39, 0.29) is 5.75 Å². The van der Waals surface area contributed by atoms with Gasteiger partial charge in [0.15, 0.2) is 0 Å². The summed E-state index contributed by atoms with van der Waals surface area (Å²) in [6, 6.07) is 77.8. The summed E-state index contributed by atoms with van der Waals surface area (Å²) in [6.07, 6.45) is 14.9. The quantitative estimate of drug-likeness (QED) is 0.0962. The van der Waals surface area contributed by atoms with Crippen molar-refractivity contribution in [1.82, 2.24) is 62.8 Å². The zero-order chi connectivity index (χ0) is 64.4. The van der Waals surface area contributed by atoms with Gasteiger partial charge in [0.25, 0.3) is 0 Å². The minimum absolute atomic E-state index is 0.262. The summed E-state index contributed by atoms with van der Waals surface area (Å²) in [4.78, 5) is 38.9. The number of aromatic hydroxyl groups is 1. The van der Waals surface area contributed by atoms with Crippen molar-refractivity contribution in [2.45, 2.75) is 0 Å². The van der Waals surface area contributed by atoms with Crippen LogP contribution in [-0.2, 0) is 0 Å². The predicted molar refractivity (Wildman–Crippen MR) is 396 cm³/mol. The molecule has 0 radical (unpaired) electrons. The molecule has 0 fully saturated rings. The molecule has 0 bridgehead atoms. The van der Waals surface area contributed by atoms with Crippen LogP contribution in [0.15, 0.2) is 295 Å². The number of halogens is 4. The number of hydrogen-bond donors (Lipinski definition) is 2. The van der Waals surface area contributed by atoms with E-state index in [1.165, 1.54) is 5.39 Å². The number of hydrogen-bond acceptors (Lipinski definition) is 10.